The molecule has 0 saturated carbocycles. The van der Waals surface area contributed by atoms with Crippen LogP contribution in [0.4, 0.5) is 0 Å². The lowest BCUT2D eigenvalue weighted by Gasteiger charge is -2.20. The van der Waals surface area contributed by atoms with Gasteiger partial charge < -0.3 is 10.6 Å². The first-order valence-electron chi connectivity index (χ1n) is 9.05. The maximum Gasteiger partial charge on any atom is 0.191 e. The third-order valence-electron chi connectivity index (χ3n) is 4.53. The summed E-state index contributed by atoms with van der Waals surface area (Å²) in [5.74, 6) is 1.38. The van der Waals surface area contributed by atoms with Gasteiger partial charge in [-0.2, -0.15) is 0 Å². The summed E-state index contributed by atoms with van der Waals surface area (Å²) in [6.45, 7) is 2.86. The van der Waals surface area contributed by atoms with Crippen LogP contribution in [0.5, 0.6) is 0 Å². The van der Waals surface area contributed by atoms with Gasteiger partial charge >= 0.3 is 0 Å². The van der Waals surface area contributed by atoms with Crippen molar-refractivity contribution in [1.29, 1.82) is 0 Å². The van der Waals surface area contributed by atoms with E-state index in [1.165, 1.54) is 30.4 Å². The van der Waals surface area contributed by atoms with E-state index in [4.69, 9.17) is 0 Å². The van der Waals surface area contributed by atoms with Crippen LogP contribution < -0.4 is 10.6 Å². The molecule has 0 spiro atoms. The van der Waals surface area contributed by atoms with Crippen LogP contribution >= 0.6 is 0 Å². The molecule has 2 aromatic carbocycles. The highest BCUT2D eigenvalue weighted by atomic mass is 15.2. The van der Waals surface area contributed by atoms with Crippen LogP contribution in [-0.4, -0.2) is 25.6 Å². The minimum atomic E-state index is 0.411. The molecule has 0 amide bonds. The van der Waals surface area contributed by atoms with Crippen LogP contribution in [0, 0.1) is 0 Å². The summed E-state index contributed by atoms with van der Waals surface area (Å²) in [4.78, 5) is 4.62. The van der Waals surface area contributed by atoms with E-state index in [-0.39, 0.29) is 0 Å². The van der Waals surface area contributed by atoms with Crippen molar-refractivity contribution in [3.05, 3.63) is 71.8 Å². The quantitative estimate of drug-likeness (QED) is 0.875. The molecule has 1 aliphatic heterocycles. The Bertz CT molecular complexity index is 583. The lowest BCUT2D eigenvalue weighted by Crippen LogP contribution is -2.39. The zero-order valence-electron chi connectivity index (χ0n) is 14.2. The molecule has 3 rings (SSSR count). The zero-order valence-corrected chi connectivity index (χ0v) is 14.2. The molecule has 0 atom stereocenters. The van der Waals surface area contributed by atoms with Crippen LogP contribution in [0.15, 0.2) is 65.7 Å². The molecule has 0 fully saturated rings. The van der Waals surface area contributed by atoms with Gasteiger partial charge in [-0.15, -0.1) is 0 Å². The second kappa shape index (κ2) is 9.11. The first-order chi connectivity index (χ1) is 11.9. The Kier molecular flexibility index (Phi) is 6.29. The van der Waals surface area contributed by atoms with E-state index < -0.39 is 0 Å². The summed E-state index contributed by atoms with van der Waals surface area (Å²) in [7, 11) is 0. The molecular formula is C21H27N3. The summed E-state index contributed by atoms with van der Waals surface area (Å²) in [6.07, 6.45) is 4.75. The van der Waals surface area contributed by atoms with Crippen molar-refractivity contribution >= 4 is 5.96 Å². The molecule has 0 radical (unpaired) electrons. The van der Waals surface area contributed by atoms with Gasteiger partial charge in [0.25, 0.3) is 0 Å². The maximum absolute atomic E-state index is 4.62. The Morgan fingerprint density at radius 1 is 0.875 bits per heavy atom. The molecule has 0 unspecified atom stereocenters. The number of nitrogens with one attached hydrogen (secondary N) is 2. The highest BCUT2D eigenvalue weighted by Crippen LogP contribution is 2.27. The smallest absolute Gasteiger partial charge is 0.191 e. The molecule has 1 heterocycles. The SMILES string of the molecule is c1ccc(C(CCN/C2=N/CCCCCN2)c2ccccc2)cc1. The molecule has 2 N–H and O–H groups in total. The Balaban J connectivity index is 1.64. The largest absolute Gasteiger partial charge is 0.356 e. The normalized spacial score (nSPS) is 17.3. The minimum Gasteiger partial charge on any atom is -0.356 e. The second-order valence-electron chi connectivity index (χ2n) is 6.31. The van der Waals surface area contributed by atoms with E-state index in [2.05, 4.69) is 76.3 Å². The van der Waals surface area contributed by atoms with Crippen LogP contribution in [-0.2, 0) is 0 Å². The van der Waals surface area contributed by atoms with E-state index in [0.29, 0.717) is 5.92 Å². The van der Waals surface area contributed by atoms with Gasteiger partial charge in [0.15, 0.2) is 5.96 Å². The predicted molar refractivity (Wildman–Crippen MR) is 102 cm³/mol. The fourth-order valence-electron chi connectivity index (χ4n) is 3.22. The third kappa shape index (κ3) is 4.85. The lowest BCUT2D eigenvalue weighted by molar-refractivity contribution is 0.626. The van der Waals surface area contributed by atoms with Crippen molar-refractivity contribution in [2.24, 2.45) is 4.99 Å². The van der Waals surface area contributed by atoms with Crippen LogP contribution in [0.1, 0.15) is 42.7 Å². The first-order valence-corrected chi connectivity index (χ1v) is 9.05. The Morgan fingerprint density at radius 3 is 2.21 bits per heavy atom. The average Bonchev–Trinajstić information content (AvgIpc) is 2.62. The Morgan fingerprint density at radius 2 is 1.54 bits per heavy atom. The summed E-state index contributed by atoms with van der Waals surface area (Å²) in [5, 5.41) is 6.91. The predicted octanol–water partition coefficient (Wildman–Crippen LogP) is 3.93. The highest BCUT2D eigenvalue weighted by molar-refractivity contribution is 5.79. The van der Waals surface area contributed by atoms with Crippen molar-refractivity contribution in [2.45, 2.75) is 31.6 Å². The summed E-state index contributed by atoms with van der Waals surface area (Å²) >= 11 is 0. The molecule has 0 saturated heterocycles. The number of nitrogens with zero attached hydrogens (tertiary/aromatic N) is 1. The summed E-state index contributed by atoms with van der Waals surface area (Å²) in [6, 6.07) is 21.6. The molecule has 126 valence electrons. The van der Waals surface area contributed by atoms with Gasteiger partial charge in [0.2, 0.25) is 0 Å². The van der Waals surface area contributed by atoms with Gasteiger partial charge in [-0.05, 0) is 36.8 Å². The van der Waals surface area contributed by atoms with E-state index in [0.717, 1.165) is 32.0 Å². The van der Waals surface area contributed by atoms with Gasteiger partial charge in [0, 0.05) is 25.6 Å². The lowest BCUT2D eigenvalue weighted by atomic mass is 9.88. The number of hydrogen-bond donors (Lipinski definition) is 2. The molecular weight excluding hydrogens is 294 g/mol. The number of aliphatic imine (C=N–C) groups is 1. The van der Waals surface area contributed by atoms with Gasteiger partial charge in [-0.3, -0.25) is 4.99 Å². The van der Waals surface area contributed by atoms with Gasteiger partial charge in [-0.1, -0.05) is 60.7 Å². The molecule has 0 aliphatic carbocycles. The molecule has 3 nitrogen and oxygen atoms in total. The Hall–Kier alpha value is -2.29. The van der Waals surface area contributed by atoms with Gasteiger partial charge in [-0.25, -0.2) is 0 Å². The fourth-order valence-corrected chi connectivity index (χ4v) is 3.22. The van der Waals surface area contributed by atoms with Crippen LogP contribution in [0.25, 0.3) is 0 Å². The molecule has 0 bridgehead atoms. The number of benzene rings is 2. The van der Waals surface area contributed by atoms with Crippen molar-refractivity contribution in [1.82, 2.24) is 10.6 Å². The van der Waals surface area contributed by atoms with Gasteiger partial charge in [0.1, 0.15) is 0 Å². The summed E-state index contributed by atoms with van der Waals surface area (Å²) in [5.41, 5.74) is 2.75. The monoisotopic (exact) mass is 321 g/mol. The van der Waals surface area contributed by atoms with Crippen molar-refractivity contribution in [3.8, 4) is 0 Å². The average molecular weight is 321 g/mol. The van der Waals surface area contributed by atoms with Crippen molar-refractivity contribution < 1.29 is 0 Å². The number of guanidine groups is 1. The van der Waals surface area contributed by atoms with Crippen molar-refractivity contribution in [3.63, 3.8) is 0 Å². The highest BCUT2D eigenvalue weighted by Gasteiger charge is 2.13. The van der Waals surface area contributed by atoms with Gasteiger partial charge in [0.05, 0.1) is 0 Å². The van der Waals surface area contributed by atoms with E-state index in [9.17, 15) is 0 Å². The number of rotatable bonds is 5. The van der Waals surface area contributed by atoms with E-state index in [1.54, 1.807) is 0 Å². The standard InChI is InChI=1S/C21H27N3/c1-4-10-18(11-5-1)20(19-12-6-2-7-13-19)14-17-24-21-22-15-8-3-9-16-23-21/h1-2,4-7,10-13,20H,3,8-9,14-17H2,(H2,22,23,24). The first kappa shape index (κ1) is 16.6. The molecule has 2 aromatic rings. The van der Waals surface area contributed by atoms with E-state index in [1.807, 2.05) is 0 Å². The molecule has 24 heavy (non-hydrogen) atoms. The van der Waals surface area contributed by atoms with Crippen molar-refractivity contribution in [2.75, 3.05) is 19.6 Å². The molecule has 0 aromatic heterocycles. The Labute approximate surface area is 145 Å². The summed E-state index contributed by atoms with van der Waals surface area (Å²) < 4.78 is 0. The minimum absolute atomic E-state index is 0.411. The molecule has 1 aliphatic rings. The topological polar surface area (TPSA) is 36.4 Å². The fraction of sp³-hybridized carbons (Fsp3) is 0.381. The van der Waals surface area contributed by atoms with E-state index >= 15 is 0 Å². The number of hydrogen-bond acceptors (Lipinski definition) is 3. The van der Waals surface area contributed by atoms with Crippen LogP contribution in [0.2, 0.25) is 0 Å². The van der Waals surface area contributed by atoms with Crippen LogP contribution in [0.3, 0.4) is 0 Å². The molecule has 3 heteroatoms. The zero-order chi connectivity index (χ0) is 16.5. The maximum atomic E-state index is 4.62. The second-order valence-corrected chi connectivity index (χ2v) is 6.31. The third-order valence-corrected chi connectivity index (χ3v) is 4.53.